The summed E-state index contributed by atoms with van der Waals surface area (Å²) >= 11 is 0. The number of carbonyl (C=O) groups excluding carboxylic acids is 1. The van der Waals surface area contributed by atoms with Crippen molar-refractivity contribution in [2.24, 2.45) is 0 Å². The van der Waals surface area contributed by atoms with Crippen LogP contribution in [0.2, 0.25) is 0 Å². The van der Waals surface area contributed by atoms with E-state index in [1.807, 2.05) is 12.1 Å². The first-order valence-corrected chi connectivity index (χ1v) is 6.47. The number of fused-ring (bicyclic) bond motifs is 1. The van der Waals surface area contributed by atoms with Crippen molar-refractivity contribution in [3.63, 3.8) is 0 Å². The molecule has 1 amide bonds. The highest BCUT2D eigenvalue weighted by atomic mass is 19.1. The zero-order valence-electron chi connectivity index (χ0n) is 10.8. The normalized spacial score (nSPS) is 13.6. The van der Waals surface area contributed by atoms with Crippen LogP contribution in [0.15, 0.2) is 36.7 Å². The number of pyridine rings is 1. The zero-order chi connectivity index (χ0) is 13.9. The number of nitrogens with zero attached hydrogens (tertiary/aromatic N) is 1. The molecule has 1 aromatic carbocycles. The van der Waals surface area contributed by atoms with Crippen molar-refractivity contribution in [1.82, 2.24) is 4.98 Å². The van der Waals surface area contributed by atoms with Crippen molar-refractivity contribution in [3.05, 3.63) is 53.6 Å². The van der Waals surface area contributed by atoms with Crippen LogP contribution >= 0.6 is 0 Å². The molecule has 0 unspecified atom stereocenters. The smallest absolute Gasteiger partial charge is 0.224 e. The zero-order valence-corrected chi connectivity index (χ0v) is 10.8. The minimum Gasteiger partial charge on any atom is -0.379 e. The average Bonchev–Trinajstić information content (AvgIpc) is 2.46. The molecular formula is C15H14FN3O. The maximum atomic E-state index is 14.0. The number of carbonyl (C=O) groups is 1. The van der Waals surface area contributed by atoms with E-state index < -0.39 is 0 Å². The van der Waals surface area contributed by atoms with Gasteiger partial charge in [0.2, 0.25) is 5.91 Å². The fraction of sp³-hybridized carbons (Fsp3) is 0.200. The van der Waals surface area contributed by atoms with Crippen molar-refractivity contribution >= 4 is 17.3 Å². The Morgan fingerprint density at radius 2 is 2.05 bits per heavy atom. The Kier molecular flexibility index (Phi) is 3.33. The van der Waals surface area contributed by atoms with Gasteiger partial charge >= 0.3 is 0 Å². The van der Waals surface area contributed by atoms with E-state index in [0.717, 1.165) is 11.1 Å². The summed E-state index contributed by atoms with van der Waals surface area (Å²) in [5.41, 5.74) is 2.94. The Balaban J connectivity index is 1.80. The van der Waals surface area contributed by atoms with Gasteiger partial charge in [0.25, 0.3) is 0 Å². The Morgan fingerprint density at radius 3 is 2.85 bits per heavy atom. The number of benzene rings is 1. The number of amides is 1. The minimum atomic E-state index is -0.297. The molecule has 20 heavy (non-hydrogen) atoms. The van der Waals surface area contributed by atoms with Gasteiger partial charge in [0.05, 0.1) is 5.69 Å². The fourth-order valence-corrected chi connectivity index (χ4v) is 2.23. The summed E-state index contributed by atoms with van der Waals surface area (Å²) in [6.07, 6.45) is 4.39. The van der Waals surface area contributed by atoms with Crippen LogP contribution in [-0.2, 0) is 17.8 Å². The van der Waals surface area contributed by atoms with Crippen LogP contribution in [0.5, 0.6) is 0 Å². The highest BCUT2D eigenvalue weighted by Crippen LogP contribution is 2.28. The molecule has 0 fully saturated rings. The second-order valence-corrected chi connectivity index (χ2v) is 4.75. The van der Waals surface area contributed by atoms with Crippen molar-refractivity contribution in [2.75, 3.05) is 10.6 Å². The molecule has 4 nitrogen and oxygen atoms in total. The van der Waals surface area contributed by atoms with Crippen LogP contribution in [0.4, 0.5) is 15.8 Å². The van der Waals surface area contributed by atoms with Gasteiger partial charge in [-0.1, -0.05) is 0 Å². The summed E-state index contributed by atoms with van der Waals surface area (Å²) in [7, 11) is 0. The van der Waals surface area contributed by atoms with Crippen molar-refractivity contribution in [2.45, 2.75) is 19.4 Å². The number of nitrogens with one attached hydrogen (secondary N) is 2. The lowest BCUT2D eigenvalue weighted by molar-refractivity contribution is -0.116. The van der Waals surface area contributed by atoms with E-state index in [4.69, 9.17) is 0 Å². The maximum absolute atomic E-state index is 14.0. The van der Waals surface area contributed by atoms with E-state index in [-0.39, 0.29) is 11.7 Å². The molecule has 1 aliphatic heterocycles. The number of rotatable bonds is 3. The van der Waals surface area contributed by atoms with E-state index in [0.29, 0.717) is 30.8 Å². The summed E-state index contributed by atoms with van der Waals surface area (Å²) in [6, 6.07) is 6.88. The largest absolute Gasteiger partial charge is 0.379 e. The van der Waals surface area contributed by atoms with Crippen LogP contribution in [0, 0.1) is 5.82 Å². The number of hydrogen-bond donors (Lipinski definition) is 2. The Hall–Kier alpha value is -2.43. The van der Waals surface area contributed by atoms with Gasteiger partial charge in [0.15, 0.2) is 0 Å². The second-order valence-electron chi connectivity index (χ2n) is 4.75. The number of hydrogen-bond acceptors (Lipinski definition) is 3. The molecule has 0 saturated carbocycles. The number of anilines is 2. The predicted molar refractivity (Wildman–Crippen MR) is 74.9 cm³/mol. The standard InChI is InChI=1S/C15H14FN3O/c16-12-7-11-1-2-15(20)19-13(11)8-14(12)18-9-10-3-5-17-6-4-10/h3-8,18H,1-2,9H2,(H,19,20). The van der Waals surface area contributed by atoms with E-state index >= 15 is 0 Å². The SMILES string of the molecule is O=C1CCc2cc(F)c(NCc3ccncc3)cc2N1. The van der Waals surface area contributed by atoms with Gasteiger partial charge in [-0.05, 0) is 41.8 Å². The predicted octanol–water partition coefficient (Wildman–Crippen LogP) is 2.72. The van der Waals surface area contributed by atoms with E-state index in [9.17, 15) is 9.18 Å². The second kappa shape index (κ2) is 5.28. The minimum absolute atomic E-state index is 0.0239. The third-order valence-electron chi connectivity index (χ3n) is 3.32. The molecule has 0 radical (unpaired) electrons. The lowest BCUT2D eigenvalue weighted by atomic mass is 10.0. The first-order valence-electron chi connectivity index (χ1n) is 6.47. The highest BCUT2D eigenvalue weighted by molar-refractivity contribution is 5.94. The van der Waals surface area contributed by atoms with Crippen LogP contribution in [0.25, 0.3) is 0 Å². The molecule has 0 atom stereocenters. The van der Waals surface area contributed by atoms with Gasteiger partial charge < -0.3 is 10.6 Å². The molecule has 3 rings (SSSR count). The van der Waals surface area contributed by atoms with Crippen LogP contribution in [0.1, 0.15) is 17.5 Å². The van der Waals surface area contributed by atoms with Gasteiger partial charge in [0.1, 0.15) is 5.82 Å². The van der Waals surface area contributed by atoms with Gasteiger partial charge in [-0.2, -0.15) is 0 Å². The van der Waals surface area contributed by atoms with Gasteiger partial charge in [-0.25, -0.2) is 4.39 Å². The molecule has 0 spiro atoms. The van der Waals surface area contributed by atoms with Crippen molar-refractivity contribution in [1.29, 1.82) is 0 Å². The van der Waals surface area contributed by atoms with Gasteiger partial charge in [-0.3, -0.25) is 9.78 Å². The summed E-state index contributed by atoms with van der Waals surface area (Å²) in [5, 5.41) is 5.81. The van der Waals surface area contributed by atoms with Crippen LogP contribution in [-0.4, -0.2) is 10.9 Å². The van der Waals surface area contributed by atoms with E-state index in [1.54, 1.807) is 18.5 Å². The number of aryl methyl sites for hydroxylation is 1. The Morgan fingerprint density at radius 1 is 1.25 bits per heavy atom. The summed E-state index contributed by atoms with van der Waals surface area (Å²) in [6.45, 7) is 0.506. The van der Waals surface area contributed by atoms with E-state index in [1.165, 1.54) is 6.07 Å². The third kappa shape index (κ3) is 2.61. The Bertz CT molecular complexity index is 643. The molecule has 1 aliphatic rings. The quantitative estimate of drug-likeness (QED) is 0.902. The van der Waals surface area contributed by atoms with Gasteiger partial charge in [-0.15, -0.1) is 0 Å². The molecular weight excluding hydrogens is 257 g/mol. The first-order chi connectivity index (χ1) is 9.72. The molecule has 102 valence electrons. The first kappa shape index (κ1) is 12.6. The van der Waals surface area contributed by atoms with Crippen LogP contribution < -0.4 is 10.6 Å². The topological polar surface area (TPSA) is 54.0 Å². The number of halogens is 1. The summed E-state index contributed by atoms with van der Waals surface area (Å²) < 4.78 is 14.0. The molecule has 2 aromatic rings. The molecule has 0 saturated heterocycles. The summed E-state index contributed by atoms with van der Waals surface area (Å²) in [5.74, 6) is -0.321. The van der Waals surface area contributed by atoms with Gasteiger partial charge in [0, 0.05) is 31.0 Å². The maximum Gasteiger partial charge on any atom is 0.224 e. The van der Waals surface area contributed by atoms with E-state index in [2.05, 4.69) is 15.6 Å². The fourth-order valence-electron chi connectivity index (χ4n) is 2.23. The lowest BCUT2D eigenvalue weighted by Gasteiger charge is -2.18. The molecule has 5 heteroatoms. The van der Waals surface area contributed by atoms with Crippen molar-refractivity contribution < 1.29 is 9.18 Å². The van der Waals surface area contributed by atoms with Crippen LogP contribution in [0.3, 0.4) is 0 Å². The third-order valence-corrected chi connectivity index (χ3v) is 3.32. The Labute approximate surface area is 116 Å². The molecule has 1 aromatic heterocycles. The molecule has 0 aliphatic carbocycles. The lowest BCUT2D eigenvalue weighted by Crippen LogP contribution is -2.19. The average molecular weight is 271 g/mol. The molecule has 2 heterocycles. The molecule has 0 bridgehead atoms. The highest BCUT2D eigenvalue weighted by Gasteiger charge is 2.17. The number of aromatic nitrogens is 1. The molecule has 2 N–H and O–H groups in total. The monoisotopic (exact) mass is 271 g/mol. The van der Waals surface area contributed by atoms with Crippen molar-refractivity contribution in [3.8, 4) is 0 Å². The summed E-state index contributed by atoms with van der Waals surface area (Å²) in [4.78, 5) is 15.3.